The van der Waals surface area contributed by atoms with Gasteiger partial charge in [-0.05, 0) is 13.0 Å². The van der Waals surface area contributed by atoms with Crippen molar-refractivity contribution in [3.8, 4) is 0 Å². The molecule has 0 aliphatic carbocycles. The van der Waals surface area contributed by atoms with Crippen LogP contribution in [0.2, 0.25) is 0 Å². The van der Waals surface area contributed by atoms with Crippen LogP contribution in [0.25, 0.3) is 0 Å². The van der Waals surface area contributed by atoms with Gasteiger partial charge in [0.15, 0.2) is 0 Å². The summed E-state index contributed by atoms with van der Waals surface area (Å²) in [6.07, 6.45) is 0. The maximum atomic E-state index is 13.2. The van der Waals surface area contributed by atoms with Crippen LogP contribution in [0.1, 0.15) is 12.5 Å². The lowest BCUT2D eigenvalue weighted by Crippen LogP contribution is -2.34. The van der Waals surface area contributed by atoms with Crippen LogP contribution in [-0.4, -0.2) is 19.1 Å². The zero-order valence-corrected chi connectivity index (χ0v) is 9.09. The van der Waals surface area contributed by atoms with E-state index in [1.165, 1.54) is 19.2 Å². The van der Waals surface area contributed by atoms with Gasteiger partial charge in [0.2, 0.25) is 0 Å². The number of hydrogen-bond acceptors (Lipinski definition) is 3. The van der Waals surface area contributed by atoms with Gasteiger partial charge in [-0.15, -0.1) is 0 Å². The van der Waals surface area contributed by atoms with Crippen LogP contribution < -0.4 is 5.32 Å². The number of halogens is 2. The van der Waals surface area contributed by atoms with Gasteiger partial charge in [-0.3, -0.25) is 4.79 Å². The number of carbonyl (C=O) groups is 1. The molecule has 0 bridgehead atoms. The summed E-state index contributed by atoms with van der Waals surface area (Å²) in [7, 11) is 1.28. The van der Waals surface area contributed by atoms with E-state index in [1.807, 2.05) is 0 Å². The summed E-state index contributed by atoms with van der Waals surface area (Å²) in [6.45, 7) is 1.75. The van der Waals surface area contributed by atoms with Crippen molar-refractivity contribution in [3.05, 3.63) is 35.4 Å². The summed E-state index contributed by atoms with van der Waals surface area (Å²) in [5.41, 5.74) is 0.303. The first kappa shape index (κ1) is 12.6. The van der Waals surface area contributed by atoms with Crippen LogP contribution in [-0.2, 0) is 16.1 Å². The van der Waals surface area contributed by atoms with Gasteiger partial charge in [-0.2, -0.15) is 0 Å². The molecule has 0 amide bonds. The topological polar surface area (TPSA) is 38.3 Å². The van der Waals surface area contributed by atoms with Gasteiger partial charge >= 0.3 is 5.97 Å². The zero-order valence-electron chi connectivity index (χ0n) is 9.09. The molecule has 0 heterocycles. The summed E-state index contributed by atoms with van der Waals surface area (Å²) >= 11 is 0. The first-order valence-electron chi connectivity index (χ1n) is 4.79. The molecule has 1 N–H and O–H groups in total. The Morgan fingerprint density at radius 3 is 2.75 bits per heavy atom. The molecule has 0 aliphatic rings. The van der Waals surface area contributed by atoms with Crippen molar-refractivity contribution in [2.24, 2.45) is 0 Å². The minimum Gasteiger partial charge on any atom is -0.468 e. The number of carbonyl (C=O) groups excluding carboxylic acids is 1. The Balaban J connectivity index is 2.58. The summed E-state index contributed by atoms with van der Waals surface area (Å²) in [6, 6.07) is 2.78. The van der Waals surface area contributed by atoms with E-state index in [0.29, 0.717) is 5.56 Å². The number of hydrogen-bond donors (Lipinski definition) is 1. The van der Waals surface area contributed by atoms with Crippen LogP contribution in [0.15, 0.2) is 18.2 Å². The van der Waals surface area contributed by atoms with Crippen LogP contribution in [0.5, 0.6) is 0 Å². The number of rotatable bonds is 4. The van der Waals surface area contributed by atoms with Gasteiger partial charge < -0.3 is 10.1 Å². The second kappa shape index (κ2) is 5.55. The molecule has 0 aliphatic heterocycles. The molecule has 0 unspecified atom stereocenters. The molecular formula is C11H13F2NO2. The molecule has 1 rings (SSSR count). The fourth-order valence-electron chi connectivity index (χ4n) is 1.19. The number of ether oxygens (including phenoxy) is 1. The normalized spacial score (nSPS) is 12.2. The van der Waals surface area contributed by atoms with Crippen molar-refractivity contribution in [1.29, 1.82) is 0 Å². The molecule has 1 aromatic carbocycles. The first-order valence-corrected chi connectivity index (χ1v) is 4.79. The highest BCUT2D eigenvalue weighted by Gasteiger charge is 2.12. The summed E-state index contributed by atoms with van der Waals surface area (Å²) in [5, 5.41) is 2.77. The Hall–Kier alpha value is -1.49. The monoisotopic (exact) mass is 229 g/mol. The van der Waals surface area contributed by atoms with E-state index in [0.717, 1.165) is 6.07 Å². The summed E-state index contributed by atoms with van der Waals surface area (Å²) in [5.74, 6) is -1.69. The minimum atomic E-state index is -0.635. The lowest BCUT2D eigenvalue weighted by atomic mass is 10.2. The molecule has 88 valence electrons. The Kier molecular flexibility index (Phi) is 4.37. The van der Waals surface area contributed by atoms with Gasteiger partial charge in [0.25, 0.3) is 0 Å². The lowest BCUT2D eigenvalue weighted by molar-refractivity contribution is -0.142. The van der Waals surface area contributed by atoms with E-state index in [1.54, 1.807) is 6.92 Å². The maximum Gasteiger partial charge on any atom is 0.322 e. The van der Waals surface area contributed by atoms with E-state index in [4.69, 9.17) is 0 Å². The highest BCUT2D eigenvalue weighted by atomic mass is 19.1. The molecule has 0 saturated carbocycles. The van der Waals surface area contributed by atoms with Gasteiger partial charge in [-0.1, -0.05) is 6.07 Å². The van der Waals surface area contributed by atoms with Crippen molar-refractivity contribution in [1.82, 2.24) is 5.32 Å². The van der Waals surface area contributed by atoms with E-state index in [9.17, 15) is 13.6 Å². The average Bonchev–Trinajstić information content (AvgIpc) is 2.26. The van der Waals surface area contributed by atoms with Crippen LogP contribution in [0.4, 0.5) is 8.78 Å². The largest absolute Gasteiger partial charge is 0.468 e. The number of methoxy groups -OCH3 is 1. The number of benzene rings is 1. The van der Waals surface area contributed by atoms with Crippen molar-refractivity contribution < 1.29 is 18.3 Å². The van der Waals surface area contributed by atoms with Gasteiger partial charge in [0.05, 0.1) is 7.11 Å². The van der Waals surface area contributed by atoms with E-state index < -0.39 is 23.6 Å². The molecule has 0 saturated heterocycles. The Labute approximate surface area is 92.4 Å². The van der Waals surface area contributed by atoms with Crippen molar-refractivity contribution in [2.45, 2.75) is 19.5 Å². The molecule has 3 nitrogen and oxygen atoms in total. The van der Waals surface area contributed by atoms with Crippen molar-refractivity contribution in [3.63, 3.8) is 0 Å². The summed E-state index contributed by atoms with van der Waals surface area (Å²) in [4.78, 5) is 11.0. The second-order valence-electron chi connectivity index (χ2n) is 3.36. The fourth-order valence-corrected chi connectivity index (χ4v) is 1.19. The molecule has 5 heteroatoms. The smallest absolute Gasteiger partial charge is 0.322 e. The molecule has 0 spiro atoms. The van der Waals surface area contributed by atoms with E-state index in [2.05, 4.69) is 10.1 Å². The minimum absolute atomic E-state index is 0.141. The fraction of sp³-hybridized carbons (Fsp3) is 0.364. The Bertz CT molecular complexity index is 382. The highest BCUT2D eigenvalue weighted by Crippen LogP contribution is 2.09. The zero-order chi connectivity index (χ0) is 12.1. The quantitative estimate of drug-likeness (QED) is 0.797. The molecule has 16 heavy (non-hydrogen) atoms. The maximum absolute atomic E-state index is 13.2. The van der Waals surface area contributed by atoms with Crippen molar-refractivity contribution >= 4 is 5.97 Å². The third kappa shape index (κ3) is 3.27. The predicted octanol–water partition coefficient (Wildman–Crippen LogP) is 1.62. The average molecular weight is 229 g/mol. The highest BCUT2D eigenvalue weighted by molar-refractivity contribution is 5.75. The number of nitrogens with one attached hydrogen (secondary N) is 1. The van der Waals surface area contributed by atoms with Gasteiger partial charge in [0, 0.05) is 18.2 Å². The van der Waals surface area contributed by atoms with Crippen LogP contribution in [0, 0.1) is 11.6 Å². The standard InChI is InChI=1S/C11H13F2NO2/c1-7(11(15)16-2)14-6-8-3-4-9(12)5-10(8)13/h3-5,7,14H,6H2,1-2H3/t7-/m0/s1. The molecule has 1 atom stereocenters. The SMILES string of the molecule is COC(=O)[C@H](C)NCc1ccc(F)cc1F. The molecule has 1 aromatic rings. The Morgan fingerprint density at radius 1 is 1.50 bits per heavy atom. The van der Waals surface area contributed by atoms with Gasteiger partial charge in [-0.25, -0.2) is 8.78 Å². The summed E-state index contributed by atoms with van der Waals surface area (Å²) < 4.78 is 30.3. The number of esters is 1. The second-order valence-corrected chi connectivity index (χ2v) is 3.36. The third-order valence-electron chi connectivity index (χ3n) is 2.17. The van der Waals surface area contributed by atoms with E-state index >= 15 is 0 Å². The molecule has 0 radical (unpaired) electrons. The molecule has 0 fully saturated rings. The van der Waals surface area contributed by atoms with Gasteiger partial charge in [0.1, 0.15) is 17.7 Å². The predicted molar refractivity (Wildman–Crippen MR) is 54.7 cm³/mol. The molecular weight excluding hydrogens is 216 g/mol. The van der Waals surface area contributed by atoms with Crippen molar-refractivity contribution in [2.75, 3.05) is 7.11 Å². The molecule has 0 aromatic heterocycles. The van der Waals surface area contributed by atoms with Crippen LogP contribution >= 0.6 is 0 Å². The lowest BCUT2D eigenvalue weighted by Gasteiger charge is -2.11. The first-order chi connectivity index (χ1) is 7.54. The third-order valence-corrected chi connectivity index (χ3v) is 2.17. The van der Waals surface area contributed by atoms with Crippen LogP contribution in [0.3, 0.4) is 0 Å². The van der Waals surface area contributed by atoms with E-state index in [-0.39, 0.29) is 6.54 Å². The Morgan fingerprint density at radius 2 is 2.19 bits per heavy atom.